The van der Waals surface area contributed by atoms with Crippen LogP contribution in [0.25, 0.3) is 0 Å². The van der Waals surface area contributed by atoms with E-state index in [1.165, 1.54) is 5.06 Å². The normalized spacial score (nSPS) is 23.2. The molecule has 155 valence electrons. The molecule has 1 saturated heterocycles. The van der Waals surface area contributed by atoms with Crippen molar-refractivity contribution in [1.82, 2.24) is 10.4 Å². The SMILES string of the molecule is CC(C)(C)OC(=O)NC(Cc1ccc(C2(C)CCC(C)(C)N2[O])cc1)C(=O)O. The molecule has 1 aromatic rings. The number of carboxylic acid groups (broad SMARTS) is 1. The van der Waals surface area contributed by atoms with Gasteiger partial charge in [0, 0.05) is 12.0 Å². The number of alkyl carbamates (subject to hydrolysis) is 1. The maximum atomic E-state index is 12.7. The lowest BCUT2D eigenvalue weighted by molar-refractivity contribution is -0.252. The zero-order valence-corrected chi connectivity index (χ0v) is 17.5. The van der Waals surface area contributed by atoms with E-state index in [-0.39, 0.29) is 6.42 Å². The summed E-state index contributed by atoms with van der Waals surface area (Å²) in [7, 11) is 0. The predicted octanol–water partition coefficient (Wildman–Crippen LogP) is 3.64. The van der Waals surface area contributed by atoms with Crippen molar-refractivity contribution >= 4 is 12.1 Å². The molecular weight excluding hydrogens is 360 g/mol. The number of nitrogens with one attached hydrogen (secondary N) is 1. The van der Waals surface area contributed by atoms with Crippen LogP contribution in [-0.2, 0) is 26.7 Å². The Kier molecular flexibility index (Phi) is 6.11. The third-order valence-electron chi connectivity index (χ3n) is 5.23. The molecule has 2 rings (SSSR count). The molecular formula is C21H31N2O5. The van der Waals surface area contributed by atoms with Crippen molar-refractivity contribution in [1.29, 1.82) is 0 Å². The Labute approximate surface area is 166 Å². The molecule has 1 aliphatic rings. The zero-order valence-electron chi connectivity index (χ0n) is 17.5. The minimum Gasteiger partial charge on any atom is -0.480 e. The number of amides is 1. The molecule has 7 nitrogen and oxygen atoms in total. The molecule has 0 bridgehead atoms. The number of carbonyl (C=O) groups is 2. The van der Waals surface area contributed by atoms with Crippen LogP contribution in [0.2, 0.25) is 0 Å². The van der Waals surface area contributed by atoms with Crippen LogP contribution >= 0.6 is 0 Å². The number of rotatable bonds is 5. The number of nitrogens with zero attached hydrogens (tertiary/aromatic N) is 1. The molecule has 1 fully saturated rings. The second-order valence-corrected chi connectivity index (χ2v) is 9.32. The van der Waals surface area contributed by atoms with E-state index in [1.807, 2.05) is 45.0 Å². The molecule has 0 spiro atoms. The molecule has 1 amide bonds. The molecule has 7 heteroatoms. The highest BCUT2D eigenvalue weighted by atomic mass is 16.6. The van der Waals surface area contributed by atoms with Gasteiger partial charge in [0.25, 0.3) is 0 Å². The van der Waals surface area contributed by atoms with Crippen molar-refractivity contribution in [2.75, 3.05) is 0 Å². The van der Waals surface area contributed by atoms with Crippen LogP contribution in [0.1, 0.15) is 65.5 Å². The van der Waals surface area contributed by atoms with Crippen molar-refractivity contribution in [2.24, 2.45) is 0 Å². The quantitative estimate of drug-likeness (QED) is 0.798. The van der Waals surface area contributed by atoms with E-state index in [4.69, 9.17) is 4.74 Å². The second-order valence-electron chi connectivity index (χ2n) is 9.32. The first-order chi connectivity index (χ1) is 12.7. The van der Waals surface area contributed by atoms with Crippen LogP contribution in [0.5, 0.6) is 0 Å². The maximum absolute atomic E-state index is 12.7. The third-order valence-corrected chi connectivity index (χ3v) is 5.23. The van der Waals surface area contributed by atoms with Gasteiger partial charge in [0.15, 0.2) is 0 Å². The van der Waals surface area contributed by atoms with E-state index < -0.39 is 34.8 Å². The van der Waals surface area contributed by atoms with Crippen LogP contribution in [0.3, 0.4) is 0 Å². The molecule has 28 heavy (non-hydrogen) atoms. The molecule has 1 aromatic carbocycles. The average Bonchev–Trinajstić information content (AvgIpc) is 2.77. The first kappa shape index (κ1) is 22.2. The zero-order chi connectivity index (χ0) is 21.3. The first-order valence-corrected chi connectivity index (χ1v) is 9.54. The van der Waals surface area contributed by atoms with Gasteiger partial charge < -0.3 is 15.2 Å². The molecule has 2 unspecified atom stereocenters. The summed E-state index contributed by atoms with van der Waals surface area (Å²) in [6, 6.07) is 6.26. The highest BCUT2D eigenvalue weighted by molar-refractivity contribution is 5.80. The van der Waals surface area contributed by atoms with Crippen LogP contribution in [-0.4, -0.2) is 39.4 Å². The van der Waals surface area contributed by atoms with E-state index in [2.05, 4.69) is 5.32 Å². The first-order valence-electron chi connectivity index (χ1n) is 9.54. The van der Waals surface area contributed by atoms with Crippen molar-refractivity contribution < 1.29 is 24.6 Å². The number of hydroxylamine groups is 2. The summed E-state index contributed by atoms with van der Waals surface area (Å²) in [6.07, 6.45) is 0.938. The minimum absolute atomic E-state index is 0.123. The Morgan fingerprint density at radius 2 is 1.75 bits per heavy atom. The van der Waals surface area contributed by atoms with Gasteiger partial charge in [-0.1, -0.05) is 24.3 Å². The van der Waals surface area contributed by atoms with E-state index in [1.54, 1.807) is 20.8 Å². The van der Waals surface area contributed by atoms with Gasteiger partial charge in [-0.15, -0.1) is 10.3 Å². The molecule has 0 aliphatic carbocycles. The largest absolute Gasteiger partial charge is 0.480 e. The lowest BCUT2D eigenvalue weighted by Gasteiger charge is -2.35. The van der Waals surface area contributed by atoms with Gasteiger partial charge in [-0.25, -0.2) is 9.59 Å². The van der Waals surface area contributed by atoms with Crippen LogP contribution in [0, 0.1) is 0 Å². The smallest absolute Gasteiger partial charge is 0.408 e. The molecule has 0 aromatic heterocycles. The minimum atomic E-state index is -1.13. The van der Waals surface area contributed by atoms with Crippen molar-refractivity contribution in [3.8, 4) is 0 Å². The van der Waals surface area contributed by atoms with Gasteiger partial charge >= 0.3 is 12.1 Å². The van der Waals surface area contributed by atoms with Gasteiger partial charge in [-0.05, 0) is 65.5 Å². The van der Waals surface area contributed by atoms with E-state index in [0.717, 1.165) is 24.0 Å². The van der Waals surface area contributed by atoms with Gasteiger partial charge in [-0.3, -0.25) is 0 Å². The number of aliphatic carboxylic acids is 1. The molecule has 1 aliphatic heterocycles. The molecule has 2 N–H and O–H groups in total. The van der Waals surface area contributed by atoms with Crippen molar-refractivity contribution in [3.05, 3.63) is 35.4 Å². The summed E-state index contributed by atoms with van der Waals surface area (Å²) in [4.78, 5) is 23.4. The van der Waals surface area contributed by atoms with Crippen LogP contribution in [0.15, 0.2) is 24.3 Å². The van der Waals surface area contributed by atoms with E-state index in [9.17, 15) is 19.9 Å². The number of carboxylic acids is 1. The van der Waals surface area contributed by atoms with Crippen molar-refractivity contribution in [3.63, 3.8) is 0 Å². The monoisotopic (exact) mass is 391 g/mol. The lowest BCUT2D eigenvalue weighted by atomic mass is 9.89. The second kappa shape index (κ2) is 7.72. The lowest BCUT2D eigenvalue weighted by Crippen LogP contribution is -2.45. The number of carbonyl (C=O) groups excluding carboxylic acids is 1. The van der Waals surface area contributed by atoms with Gasteiger partial charge in [0.05, 0.1) is 5.54 Å². The maximum Gasteiger partial charge on any atom is 0.408 e. The van der Waals surface area contributed by atoms with Crippen LogP contribution < -0.4 is 5.32 Å². The highest BCUT2D eigenvalue weighted by Crippen LogP contribution is 2.45. The third kappa shape index (κ3) is 5.02. The van der Waals surface area contributed by atoms with Gasteiger partial charge in [-0.2, -0.15) is 0 Å². The average molecular weight is 391 g/mol. The molecule has 1 radical (unpaired) electrons. The predicted molar refractivity (Wildman–Crippen MR) is 104 cm³/mol. The Balaban J connectivity index is 2.10. The Morgan fingerprint density at radius 3 is 2.18 bits per heavy atom. The highest BCUT2D eigenvalue weighted by Gasteiger charge is 2.49. The van der Waals surface area contributed by atoms with Crippen LogP contribution in [0.4, 0.5) is 4.79 Å². The standard InChI is InChI=1S/C21H31N2O5/c1-19(2,3)28-18(26)22-16(17(24)25)13-14-7-9-15(10-8-14)21(6)12-11-20(4,5)23(21)27/h7-10,16H,11-13H2,1-6H3,(H,22,26)(H,24,25). The number of hydrogen-bond acceptors (Lipinski definition) is 4. The Bertz CT molecular complexity index is 723. The molecule has 0 saturated carbocycles. The Morgan fingerprint density at radius 1 is 1.18 bits per heavy atom. The summed E-state index contributed by atoms with van der Waals surface area (Å²) < 4.78 is 5.13. The summed E-state index contributed by atoms with van der Waals surface area (Å²) in [5.41, 5.74) is -0.0413. The van der Waals surface area contributed by atoms with E-state index >= 15 is 0 Å². The fraction of sp³-hybridized carbons (Fsp3) is 0.619. The van der Waals surface area contributed by atoms with E-state index in [0.29, 0.717) is 0 Å². The molecule has 2 atom stereocenters. The van der Waals surface area contributed by atoms with Gasteiger partial charge in [0.2, 0.25) is 0 Å². The summed E-state index contributed by atoms with van der Waals surface area (Å²) in [5, 5.41) is 25.7. The molecule has 1 heterocycles. The number of hydrogen-bond donors (Lipinski definition) is 2. The summed E-state index contributed by atoms with van der Waals surface area (Å²) in [5.74, 6) is -1.13. The fourth-order valence-electron chi connectivity index (χ4n) is 3.57. The Hall–Kier alpha value is -2.12. The fourth-order valence-corrected chi connectivity index (χ4v) is 3.57. The summed E-state index contributed by atoms with van der Waals surface area (Å²) >= 11 is 0. The number of benzene rings is 1. The number of ether oxygens (including phenoxy) is 1. The topological polar surface area (TPSA) is 98.8 Å². The van der Waals surface area contributed by atoms with Gasteiger partial charge in [0.1, 0.15) is 11.6 Å². The van der Waals surface area contributed by atoms with Crippen molar-refractivity contribution in [2.45, 2.75) is 83.5 Å². The summed E-state index contributed by atoms with van der Waals surface area (Å²) in [6.45, 7) is 11.0.